The lowest BCUT2D eigenvalue weighted by molar-refractivity contribution is -0.139. The fourth-order valence-electron chi connectivity index (χ4n) is 4.22. The van der Waals surface area contributed by atoms with E-state index in [1.807, 2.05) is 0 Å². The molecule has 1 N–H and O–H groups in total. The number of nitrogens with one attached hydrogen (secondary N) is 1. The Bertz CT molecular complexity index is 1200. The summed E-state index contributed by atoms with van der Waals surface area (Å²) < 4.78 is 26.2. The Kier molecular flexibility index (Phi) is 9.92. The molecule has 0 radical (unpaired) electrons. The molecule has 0 spiro atoms. The van der Waals surface area contributed by atoms with E-state index < -0.39 is 28.5 Å². The zero-order valence-corrected chi connectivity index (χ0v) is 23.3. The third-order valence-corrected chi connectivity index (χ3v) is 8.54. The number of anilines is 1. The summed E-state index contributed by atoms with van der Waals surface area (Å²) in [6.45, 7) is 1.15. The van der Waals surface area contributed by atoms with Gasteiger partial charge in [-0.2, -0.15) is 0 Å². The molecule has 1 aliphatic carbocycles. The molecule has 1 atom stereocenters. The number of carbonyl (C=O) groups is 2. The molecular weight excluding hydrogens is 545 g/mol. The van der Waals surface area contributed by atoms with Gasteiger partial charge in [-0.3, -0.25) is 13.9 Å². The van der Waals surface area contributed by atoms with Crippen molar-refractivity contribution in [1.82, 2.24) is 10.2 Å². The van der Waals surface area contributed by atoms with Crippen LogP contribution in [0.4, 0.5) is 5.69 Å². The quantitative estimate of drug-likeness (QED) is 0.442. The van der Waals surface area contributed by atoms with Crippen molar-refractivity contribution in [3.8, 4) is 0 Å². The first-order valence-electron chi connectivity index (χ1n) is 11.7. The molecule has 1 aliphatic rings. The van der Waals surface area contributed by atoms with E-state index in [-0.39, 0.29) is 34.2 Å². The molecule has 0 bridgehead atoms. The van der Waals surface area contributed by atoms with Crippen LogP contribution in [0, 0.1) is 0 Å². The van der Waals surface area contributed by atoms with Gasteiger partial charge in [-0.15, -0.1) is 0 Å². The van der Waals surface area contributed by atoms with Gasteiger partial charge in [0, 0.05) is 17.6 Å². The van der Waals surface area contributed by atoms with Crippen LogP contribution < -0.4 is 9.62 Å². The standard InChI is InChI=1S/C25H30Cl3N3O4S/c1-17(25(33)29-19-9-4-3-5-10-19)30(15-18-8-6-7-11-21(18)26)24(32)16-31(36(2,34)35)20-12-13-22(27)23(28)14-20/h6-8,11-14,17,19H,3-5,9-10,15-16H2,1-2H3,(H,29,33). The maximum absolute atomic E-state index is 13.6. The van der Waals surface area contributed by atoms with Gasteiger partial charge in [-0.05, 0) is 49.6 Å². The monoisotopic (exact) mass is 573 g/mol. The number of nitrogens with zero attached hydrogens (tertiary/aromatic N) is 2. The summed E-state index contributed by atoms with van der Waals surface area (Å²) >= 11 is 18.4. The minimum Gasteiger partial charge on any atom is -0.352 e. The summed E-state index contributed by atoms with van der Waals surface area (Å²) in [5, 5.41) is 3.91. The highest BCUT2D eigenvalue weighted by Gasteiger charge is 2.31. The second-order valence-corrected chi connectivity index (χ2v) is 12.1. The Morgan fingerprint density at radius 3 is 2.28 bits per heavy atom. The number of sulfonamides is 1. The molecule has 196 valence electrons. The predicted octanol–water partition coefficient (Wildman–Crippen LogP) is 5.28. The predicted molar refractivity (Wildman–Crippen MR) is 145 cm³/mol. The Hall–Kier alpha value is -2.00. The molecule has 0 heterocycles. The van der Waals surface area contributed by atoms with Gasteiger partial charge in [0.05, 0.1) is 22.0 Å². The smallest absolute Gasteiger partial charge is 0.244 e. The second kappa shape index (κ2) is 12.5. The van der Waals surface area contributed by atoms with Gasteiger partial charge in [0.1, 0.15) is 12.6 Å². The van der Waals surface area contributed by atoms with E-state index in [9.17, 15) is 18.0 Å². The van der Waals surface area contributed by atoms with E-state index in [0.717, 1.165) is 42.7 Å². The zero-order chi connectivity index (χ0) is 26.5. The number of hydrogen-bond donors (Lipinski definition) is 1. The van der Waals surface area contributed by atoms with Crippen molar-refractivity contribution >= 4 is 62.3 Å². The number of carbonyl (C=O) groups excluding carboxylic acids is 2. The van der Waals surface area contributed by atoms with Crippen LogP contribution in [0.15, 0.2) is 42.5 Å². The Labute approximate surface area is 227 Å². The highest BCUT2D eigenvalue weighted by molar-refractivity contribution is 7.92. The summed E-state index contributed by atoms with van der Waals surface area (Å²) in [6, 6.07) is 10.6. The summed E-state index contributed by atoms with van der Waals surface area (Å²) in [5.41, 5.74) is 0.836. The first kappa shape index (κ1) is 28.6. The first-order chi connectivity index (χ1) is 17.0. The molecule has 7 nitrogen and oxygen atoms in total. The molecule has 2 aromatic rings. The average molecular weight is 575 g/mol. The van der Waals surface area contributed by atoms with Gasteiger partial charge in [0.25, 0.3) is 0 Å². The minimum absolute atomic E-state index is 0.0384. The molecule has 0 saturated heterocycles. The van der Waals surface area contributed by atoms with Gasteiger partial charge in [-0.25, -0.2) is 8.42 Å². The lowest BCUT2D eigenvalue weighted by atomic mass is 9.95. The molecular formula is C25H30Cl3N3O4S. The first-order valence-corrected chi connectivity index (χ1v) is 14.7. The molecule has 0 aliphatic heterocycles. The van der Waals surface area contributed by atoms with Gasteiger partial charge in [0.2, 0.25) is 21.8 Å². The fraction of sp³-hybridized carbons (Fsp3) is 0.440. The van der Waals surface area contributed by atoms with E-state index in [2.05, 4.69) is 5.32 Å². The van der Waals surface area contributed by atoms with Crippen LogP contribution in [-0.4, -0.2) is 50.0 Å². The highest BCUT2D eigenvalue weighted by Crippen LogP contribution is 2.29. The van der Waals surface area contributed by atoms with Crippen LogP contribution in [0.5, 0.6) is 0 Å². The van der Waals surface area contributed by atoms with Crippen LogP contribution in [-0.2, 0) is 26.2 Å². The van der Waals surface area contributed by atoms with E-state index >= 15 is 0 Å². The van der Waals surface area contributed by atoms with Crippen molar-refractivity contribution in [3.05, 3.63) is 63.1 Å². The number of halogens is 3. The third kappa shape index (κ3) is 7.51. The lowest BCUT2D eigenvalue weighted by Gasteiger charge is -2.33. The minimum atomic E-state index is -3.87. The van der Waals surface area contributed by atoms with Crippen LogP contribution in [0.2, 0.25) is 15.1 Å². The summed E-state index contributed by atoms with van der Waals surface area (Å²) in [5.74, 6) is -0.847. The van der Waals surface area contributed by atoms with Gasteiger partial charge < -0.3 is 10.2 Å². The van der Waals surface area contributed by atoms with Gasteiger partial charge >= 0.3 is 0 Å². The number of hydrogen-bond acceptors (Lipinski definition) is 4. The van der Waals surface area contributed by atoms with Crippen LogP contribution in [0.3, 0.4) is 0 Å². The summed E-state index contributed by atoms with van der Waals surface area (Å²) in [7, 11) is -3.87. The molecule has 0 aromatic heterocycles. The summed E-state index contributed by atoms with van der Waals surface area (Å²) in [6.07, 6.45) is 6.05. The maximum Gasteiger partial charge on any atom is 0.244 e. The van der Waals surface area contributed by atoms with Crippen molar-refractivity contribution in [2.75, 3.05) is 17.1 Å². The van der Waals surface area contributed by atoms with E-state index in [1.165, 1.54) is 23.1 Å². The van der Waals surface area contributed by atoms with Crippen LogP contribution in [0.25, 0.3) is 0 Å². The fourth-order valence-corrected chi connectivity index (χ4v) is 5.54. The molecule has 11 heteroatoms. The van der Waals surface area contributed by atoms with Crippen molar-refractivity contribution in [2.45, 2.75) is 57.7 Å². The normalized spacial score (nSPS) is 15.2. The molecule has 1 unspecified atom stereocenters. The van der Waals surface area contributed by atoms with Gasteiger partial charge in [0.15, 0.2) is 0 Å². The topological polar surface area (TPSA) is 86.8 Å². The SMILES string of the molecule is CC(C(=O)NC1CCCCC1)N(Cc1ccccc1Cl)C(=O)CN(c1ccc(Cl)c(Cl)c1)S(C)(=O)=O. The Morgan fingerprint density at radius 2 is 1.67 bits per heavy atom. The zero-order valence-electron chi connectivity index (χ0n) is 20.2. The number of rotatable bonds is 9. The average Bonchev–Trinajstić information content (AvgIpc) is 2.83. The molecule has 3 rings (SSSR count). The largest absolute Gasteiger partial charge is 0.352 e. The van der Waals surface area contributed by atoms with E-state index in [0.29, 0.717) is 10.6 Å². The molecule has 1 fully saturated rings. The van der Waals surface area contributed by atoms with Gasteiger partial charge in [-0.1, -0.05) is 72.3 Å². The van der Waals surface area contributed by atoms with Crippen LogP contribution >= 0.6 is 34.8 Å². The van der Waals surface area contributed by atoms with Crippen molar-refractivity contribution in [1.29, 1.82) is 0 Å². The van der Waals surface area contributed by atoms with Crippen molar-refractivity contribution in [2.24, 2.45) is 0 Å². The molecule has 36 heavy (non-hydrogen) atoms. The van der Waals surface area contributed by atoms with E-state index in [4.69, 9.17) is 34.8 Å². The Balaban J connectivity index is 1.89. The summed E-state index contributed by atoms with van der Waals surface area (Å²) in [4.78, 5) is 28.1. The van der Waals surface area contributed by atoms with E-state index in [1.54, 1.807) is 31.2 Å². The number of benzene rings is 2. The Morgan fingerprint density at radius 1 is 1.00 bits per heavy atom. The maximum atomic E-state index is 13.6. The van der Waals surface area contributed by atoms with Crippen molar-refractivity contribution < 1.29 is 18.0 Å². The second-order valence-electron chi connectivity index (χ2n) is 9.00. The highest BCUT2D eigenvalue weighted by atomic mass is 35.5. The van der Waals surface area contributed by atoms with Crippen LogP contribution in [0.1, 0.15) is 44.6 Å². The van der Waals surface area contributed by atoms with Crippen molar-refractivity contribution in [3.63, 3.8) is 0 Å². The third-order valence-electron chi connectivity index (χ3n) is 6.29. The molecule has 2 aromatic carbocycles. The molecule has 2 amide bonds. The lowest BCUT2D eigenvalue weighted by Crippen LogP contribution is -2.53. The number of amides is 2. The molecule has 1 saturated carbocycles.